The Morgan fingerprint density at radius 2 is 0.810 bits per heavy atom. The standard InChI is InChI=1S/C38H73NO3/c1-4-6-8-10-12-14-16-18-20-22-24-26-28-30-32-35-39(3,37-34-38(40)42-41)36-33-31-29-27-25-23-21-19-17-15-13-11-9-7-5-2/h18-21H,4-17,22-37H2,1-3H3/p+1/b20-18-,21-19-. The number of hydrogen-bond acceptors (Lipinski definition) is 3. The molecule has 0 bridgehead atoms. The van der Waals surface area contributed by atoms with E-state index in [2.05, 4.69) is 50.1 Å². The first-order valence-electron chi connectivity index (χ1n) is 18.6. The van der Waals surface area contributed by atoms with Gasteiger partial charge in [0.1, 0.15) is 0 Å². The van der Waals surface area contributed by atoms with Crippen molar-refractivity contribution in [2.24, 2.45) is 0 Å². The molecule has 0 amide bonds. The van der Waals surface area contributed by atoms with Crippen LogP contribution in [0.3, 0.4) is 0 Å². The van der Waals surface area contributed by atoms with Crippen LogP contribution < -0.4 is 0 Å². The Balaban J connectivity index is 3.91. The Kier molecular flexibility index (Phi) is 31.9. The minimum absolute atomic E-state index is 0.295. The monoisotopic (exact) mass is 593 g/mol. The average molecular weight is 593 g/mol. The van der Waals surface area contributed by atoms with Gasteiger partial charge in [0.2, 0.25) is 0 Å². The van der Waals surface area contributed by atoms with Gasteiger partial charge < -0.3 is 9.37 Å². The van der Waals surface area contributed by atoms with Gasteiger partial charge in [0.05, 0.1) is 33.1 Å². The van der Waals surface area contributed by atoms with Gasteiger partial charge in [-0.25, -0.2) is 4.79 Å². The molecule has 0 radical (unpaired) electrons. The molecule has 1 N–H and O–H groups in total. The van der Waals surface area contributed by atoms with Gasteiger partial charge in [-0.2, -0.15) is 5.26 Å². The second kappa shape index (κ2) is 32.8. The molecule has 0 spiro atoms. The number of rotatable bonds is 33. The van der Waals surface area contributed by atoms with Crippen LogP contribution in [0.25, 0.3) is 0 Å². The van der Waals surface area contributed by atoms with Crippen molar-refractivity contribution in [2.45, 2.75) is 187 Å². The molecule has 0 saturated heterocycles. The molecule has 0 rings (SSSR count). The van der Waals surface area contributed by atoms with E-state index in [0.717, 1.165) is 24.1 Å². The lowest BCUT2D eigenvalue weighted by Gasteiger charge is -2.34. The van der Waals surface area contributed by atoms with E-state index in [4.69, 9.17) is 5.26 Å². The molecule has 42 heavy (non-hydrogen) atoms. The molecule has 248 valence electrons. The first kappa shape index (κ1) is 40.9. The molecular weight excluding hydrogens is 518 g/mol. The lowest BCUT2D eigenvalue weighted by atomic mass is 10.1. The van der Waals surface area contributed by atoms with Gasteiger partial charge in [-0.1, -0.05) is 128 Å². The predicted molar refractivity (Wildman–Crippen MR) is 184 cm³/mol. The van der Waals surface area contributed by atoms with Crippen molar-refractivity contribution in [1.82, 2.24) is 0 Å². The summed E-state index contributed by atoms with van der Waals surface area (Å²) >= 11 is 0. The summed E-state index contributed by atoms with van der Waals surface area (Å²) in [6.07, 6.45) is 44.2. The summed E-state index contributed by atoms with van der Waals surface area (Å²) in [4.78, 5) is 15.5. The zero-order valence-electron chi connectivity index (χ0n) is 28.7. The molecule has 0 aromatic rings. The Hall–Kier alpha value is -1.13. The highest BCUT2D eigenvalue weighted by molar-refractivity contribution is 5.68. The van der Waals surface area contributed by atoms with Crippen molar-refractivity contribution >= 4 is 5.97 Å². The maximum absolute atomic E-state index is 11.6. The highest BCUT2D eigenvalue weighted by Crippen LogP contribution is 2.16. The fraction of sp³-hybridized carbons (Fsp3) is 0.868. The van der Waals surface area contributed by atoms with E-state index in [0.29, 0.717) is 6.42 Å². The van der Waals surface area contributed by atoms with Crippen LogP contribution in [0.1, 0.15) is 187 Å². The van der Waals surface area contributed by atoms with Crippen molar-refractivity contribution in [3.8, 4) is 0 Å². The van der Waals surface area contributed by atoms with E-state index in [1.807, 2.05) is 0 Å². The van der Waals surface area contributed by atoms with Crippen LogP contribution in [-0.4, -0.2) is 42.4 Å². The Morgan fingerprint density at radius 1 is 0.500 bits per heavy atom. The van der Waals surface area contributed by atoms with E-state index < -0.39 is 5.97 Å². The fourth-order valence-corrected chi connectivity index (χ4v) is 5.87. The third kappa shape index (κ3) is 30.3. The molecule has 0 saturated carbocycles. The largest absolute Gasteiger partial charge is 0.347 e. The van der Waals surface area contributed by atoms with Crippen LogP contribution in [-0.2, 0) is 9.68 Å². The van der Waals surface area contributed by atoms with E-state index in [1.54, 1.807) is 0 Å². The number of unbranched alkanes of at least 4 members (excludes halogenated alkanes) is 22. The van der Waals surface area contributed by atoms with Crippen LogP contribution in [0.2, 0.25) is 0 Å². The molecule has 0 aliphatic rings. The van der Waals surface area contributed by atoms with Crippen molar-refractivity contribution in [2.75, 3.05) is 26.7 Å². The number of hydrogen-bond donors (Lipinski definition) is 1. The molecular formula is C38H74NO3+. The zero-order chi connectivity index (χ0) is 30.8. The second-order valence-electron chi connectivity index (χ2n) is 13.2. The normalized spacial score (nSPS) is 12.2. The number of carbonyl (C=O) groups is 1. The fourth-order valence-electron chi connectivity index (χ4n) is 5.87. The van der Waals surface area contributed by atoms with Gasteiger partial charge >= 0.3 is 5.97 Å². The van der Waals surface area contributed by atoms with E-state index in [1.165, 1.54) is 167 Å². The van der Waals surface area contributed by atoms with Crippen molar-refractivity contribution in [3.63, 3.8) is 0 Å². The molecule has 0 aliphatic carbocycles. The van der Waals surface area contributed by atoms with Crippen LogP contribution in [0.4, 0.5) is 0 Å². The second-order valence-corrected chi connectivity index (χ2v) is 13.2. The lowest BCUT2D eigenvalue weighted by molar-refractivity contribution is -0.909. The van der Waals surface area contributed by atoms with Crippen LogP contribution in [0, 0.1) is 0 Å². The molecule has 0 aromatic heterocycles. The van der Waals surface area contributed by atoms with Gasteiger partial charge in [-0.05, 0) is 77.0 Å². The van der Waals surface area contributed by atoms with Gasteiger partial charge in [0.25, 0.3) is 0 Å². The maximum atomic E-state index is 11.6. The average Bonchev–Trinajstić information content (AvgIpc) is 3.00. The summed E-state index contributed by atoms with van der Waals surface area (Å²) in [5, 5.41) is 8.70. The van der Waals surface area contributed by atoms with Crippen LogP contribution in [0.15, 0.2) is 24.3 Å². The molecule has 0 atom stereocenters. The summed E-state index contributed by atoms with van der Waals surface area (Å²) < 4.78 is 0.914. The minimum atomic E-state index is -0.506. The number of allylic oxidation sites excluding steroid dienone is 4. The first-order chi connectivity index (χ1) is 20.6. The predicted octanol–water partition coefficient (Wildman–Crippen LogP) is 12.1. The van der Waals surface area contributed by atoms with Gasteiger partial charge in [-0.15, -0.1) is 0 Å². The molecule has 4 nitrogen and oxygen atoms in total. The van der Waals surface area contributed by atoms with Crippen LogP contribution in [0.5, 0.6) is 0 Å². The summed E-state index contributed by atoms with van der Waals surface area (Å²) in [5.41, 5.74) is 0. The Bertz CT molecular complexity index is 575. The summed E-state index contributed by atoms with van der Waals surface area (Å²) in [6.45, 7) is 7.53. The zero-order valence-corrected chi connectivity index (χ0v) is 28.7. The minimum Gasteiger partial charge on any atom is -0.326 e. The summed E-state index contributed by atoms with van der Waals surface area (Å²) in [5.74, 6) is -0.506. The van der Waals surface area contributed by atoms with Gasteiger partial charge in [-0.3, -0.25) is 0 Å². The van der Waals surface area contributed by atoms with Gasteiger partial charge in [0.15, 0.2) is 0 Å². The van der Waals surface area contributed by atoms with Crippen molar-refractivity contribution in [3.05, 3.63) is 24.3 Å². The summed E-state index contributed by atoms with van der Waals surface area (Å²) in [6, 6.07) is 0. The number of nitrogens with zero attached hydrogens (tertiary/aromatic N) is 1. The molecule has 0 unspecified atom stereocenters. The molecule has 0 fully saturated rings. The topological polar surface area (TPSA) is 46.5 Å². The van der Waals surface area contributed by atoms with E-state index in [9.17, 15) is 4.79 Å². The van der Waals surface area contributed by atoms with Crippen molar-refractivity contribution < 1.29 is 19.4 Å². The maximum Gasteiger partial charge on any atom is 0.347 e. The third-order valence-corrected chi connectivity index (χ3v) is 8.88. The quantitative estimate of drug-likeness (QED) is 0.0271. The molecule has 0 aromatic carbocycles. The lowest BCUT2D eigenvalue weighted by Crippen LogP contribution is -2.47. The Morgan fingerprint density at radius 3 is 1.14 bits per heavy atom. The first-order valence-corrected chi connectivity index (χ1v) is 18.6. The Labute approximate surface area is 263 Å². The van der Waals surface area contributed by atoms with Crippen LogP contribution >= 0.6 is 0 Å². The number of quaternary nitrogens is 1. The molecule has 4 heteroatoms. The smallest absolute Gasteiger partial charge is 0.326 e. The highest BCUT2D eigenvalue weighted by atomic mass is 17.1. The molecule has 0 aliphatic heterocycles. The highest BCUT2D eigenvalue weighted by Gasteiger charge is 2.22. The molecule has 0 heterocycles. The van der Waals surface area contributed by atoms with Gasteiger partial charge in [0, 0.05) is 0 Å². The van der Waals surface area contributed by atoms with Crippen molar-refractivity contribution in [1.29, 1.82) is 0 Å². The summed E-state index contributed by atoms with van der Waals surface area (Å²) in [7, 11) is 2.29. The van der Waals surface area contributed by atoms with E-state index >= 15 is 0 Å². The number of carbonyl (C=O) groups excluding carboxylic acids is 1. The SMILES string of the molecule is CCCCCCCC/C=C\CCCCCCC[N+](C)(CCCCCCC/C=C\CCCCCCCC)CCC(=O)OO. The third-order valence-electron chi connectivity index (χ3n) is 8.88. The van der Waals surface area contributed by atoms with E-state index in [-0.39, 0.29) is 0 Å².